The van der Waals surface area contributed by atoms with E-state index < -0.39 is 17.5 Å². The van der Waals surface area contributed by atoms with E-state index in [9.17, 15) is 18.8 Å². The van der Waals surface area contributed by atoms with Crippen LogP contribution in [0.4, 0.5) is 10.1 Å². The number of Topliss-reactive ketones (excluding diaryl/α,β-unsaturated/α-hetero) is 1. The molecule has 0 saturated heterocycles. The van der Waals surface area contributed by atoms with Gasteiger partial charge in [-0.2, -0.15) is 0 Å². The van der Waals surface area contributed by atoms with E-state index in [1.807, 2.05) is 6.92 Å². The maximum atomic E-state index is 13.9. The molecule has 6 heteroatoms. The SMILES string of the molecule is CCN(C(=O)CN1C(=O)C(=O)c2cccc(F)c21)C1CC1. The van der Waals surface area contributed by atoms with Crippen molar-refractivity contribution in [1.29, 1.82) is 0 Å². The molecule has 2 amide bonds. The maximum Gasteiger partial charge on any atom is 0.300 e. The molecule has 21 heavy (non-hydrogen) atoms. The summed E-state index contributed by atoms with van der Waals surface area (Å²) in [7, 11) is 0. The van der Waals surface area contributed by atoms with Gasteiger partial charge in [-0.25, -0.2) is 4.39 Å². The Morgan fingerprint density at radius 3 is 2.71 bits per heavy atom. The summed E-state index contributed by atoms with van der Waals surface area (Å²) in [5.41, 5.74) is -0.0463. The van der Waals surface area contributed by atoms with Crippen LogP contribution in [0.15, 0.2) is 18.2 Å². The molecule has 0 aromatic heterocycles. The Bertz CT molecular complexity index is 640. The van der Waals surface area contributed by atoms with E-state index >= 15 is 0 Å². The van der Waals surface area contributed by atoms with Crippen molar-refractivity contribution in [3.05, 3.63) is 29.6 Å². The second-order valence-corrected chi connectivity index (χ2v) is 5.27. The zero-order valence-corrected chi connectivity index (χ0v) is 11.6. The highest BCUT2D eigenvalue weighted by Crippen LogP contribution is 2.32. The van der Waals surface area contributed by atoms with E-state index in [1.54, 1.807) is 4.90 Å². The monoisotopic (exact) mass is 290 g/mol. The smallest absolute Gasteiger partial charge is 0.300 e. The van der Waals surface area contributed by atoms with Crippen LogP contribution in [-0.2, 0) is 9.59 Å². The van der Waals surface area contributed by atoms with Crippen LogP contribution in [0.5, 0.6) is 0 Å². The van der Waals surface area contributed by atoms with Crippen molar-refractivity contribution in [3.8, 4) is 0 Å². The summed E-state index contributed by atoms with van der Waals surface area (Å²) in [6.45, 7) is 2.12. The quantitative estimate of drug-likeness (QED) is 0.787. The average molecular weight is 290 g/mol. The van der Waals surface area contributed by atoms with Crippen molar-refractivity contribution in [3.63, 3.8) is 0 Å². The third kappa shape index (κ3) is 2.20. The van der Waals surface area contributed by atoms with Gasteiger partial charge in [0.25, 0.3) is 11.7 Å². The van der Waals surface area contributed by atoms with Gasteiger partial charge < -0.3 is 4.90 Å². The van der Waals surface area contributed by atoms with Crippen LogP contribution in [0, 0.1) is 5.82 Å². The predicted molar refractivity (Wildman–Crippen MR) is 73.5 cm³/mol. The summed E-state index contributed by atoms with van der Waals surface area (Å²) in [4.78, 5) is 38.7. The number of fused-ring (bicyclic) bond motifs is 1. The minimum Gasteiger partial charge on any atom is -0.338 e. The van der Waals surface area contributed by atoms with Gasteiger partial charge in [0.2, 0.25) is 5.91 Å². The normalized spacial score (nSPS) is 17.1. The number of hydrogen-bond donors (Lipinski definition) is 0. The minimum atomic E-state index is -0.838. The third-order valence-corrected chi connectivity index (χ3v) is 3.88. The Labute approximate surface area is 121 Å². The zero-order valence-electron chi connectivity index (χ0n) is 11.6. The number of para-hydroxylation sites is 1. The van der Waals surface area contributed by atoms with E-state index in [2.05, 4.69) is 0 Å². The van der Waals surface area contributed by atoms with Crippen LogP contribution in [-0.4, -0.2) is 41.6 Å². The van der Waals surface area contributed by atoms with Crippen LogP contribution >= 0.6 is 0 Å². The number of likely N-dealkylation sites (N-methyl/N-ethyl adjacent to an activating group) is 1. The van der Waals surface area contributed by atoms with Crippen LogP contribution in [0.25, 0.3) is 0 Å². The number of ketones is 1. The summed E-state index contributed by atoms with van der Waals surface area (Å²) in [6, 6.07) is 4.19. The average Bonchev–Trinajstić information content (AvgIpc) is 3.25. The molecule has 1 aromatic carbocycles. The first-order chi connectivity index (χ1) is 10.0. The van der Waals surface area contributed by atoms with Gasteiger partial charge in [-0.15, -0.1) is 0 Å². The Morgan fingerprint density at radius 2 is 2.10 bits per heavy atom. The molecule has 1 aliphatic heterocycles. The molecule has 2 aliphatic rings. The molecule has 5 nitrogen and oxygen atoms in total. The molecule has 0 bridgehead atoms. The summed E-state index contributed by atoms with van der Waals surface area (Å²) >= 11 is 0. The Kier molecular flexibility index (Phi) is 3.23. The Morgan fingerprint density at radius 1 is 1.38 bits per heavy atom. The van der Waals surface area contributed by atoms with Gasteiger partial charge in [0.15, 0.2) is 0 Å². The fourth-order valence-electron chi connectivity index (χ4n) is 2.71. The lowest BCUT2D eigenvalue weighted by molar-refractivity contribution is -0.131. The molecule has 1 saturated carbocycles. The van der Waals surface area contributed by atoms with Crippen molar-refractivity contribution in [2.75, 3.05) is 18.0 Å². The second-order valence-electron chi connectivity index (χ2n) is 5.27. The maximum absolute atomic E-state index is 13.9. The van der Waals surface area contributed by atoms with Crippen molar-refractivity contribution in [2.24, 2.45) is 0 Å². The lowest BCUT2D eigenvalue weighted by Gasteiger charge is -2.24. The second kappa shape index (κ2) is 4.95. The molecule has 0 atom stereocenters. The van der Waals surface area contributed by atoms with Crippen molar-refractivity contribution < 1.29 is 18.8 Å². The standard InChI is InChI=1S/C15H15FN2O3/c1-2-17(9-6-7-9)12(19)8-18-13-10(14(20)15(18)21)4-3-5-11(13)16/h3-5,9H,2,6-8H2,1H3. The van der Waals surface area contributed by atoms with E-state index in [1.165, 1.54) is 18.2 Å². The molecule has 1 aliphatic carbocycles. The molecule has 1 aromatic rings. The molecule has 1 heterocycles. The highest BCUT2D eigenvalue weighted by Gasteiger charge is 2.40. The van der Waals surface area contributed by atoms with Crippen molar-refractivity contribution in [2.45, 2.75) is 25.8 Å². The fourth-order valence-corrected chi connectivity index (χ4v) is 2.71. The van der Waals surface area contributed by atoms with Crippen molar-refractivity contribution >= 4 is 23.3 Å². The minimum absolute atomic E-state index is 0.0299. The van der Waals surface area contributed by atoms with E-state index in [0.29, 0.717) is 6.54 Å². The lowest BCUT2D eigenvalue weighted by atomic mass is 10.1. The topological polar surface area (TPSA) is 57.7 Å². The number of anilines is 1. The van der Waals surface area contributed by atoms with Crippen LogP contribution in [0.1, 0.15) is 30.1 Å². The third-order valence-electron chi connectivity index (χ3n) is 3.88. The molecule has 0 radical (unpaired) electrons. The molecular formula is C15H15FN2O3. The van der Waals surface area contributed by atoms with Gasteiger partial charge in [0.1, 0.15) is 12.4 Å². The van der Waals surface area contributed by atoms with Gasteiger partial charge in [-0.1, -0.05) is 6.07 Å². The number of amides is 2. The summed E-state index contributed by atoms with van der Waals surface area (Å²) in [5.74, 6) is -2.51. The van der Waals surface area contributed by atoms with Gasteiger partial charge in [0.05, 0.1) is 11.3 Å². The highest BCUT2D eigenvalue weighted by atomic mass is 19.1. The van der Waals surface area contributed by atoms with Crippen LogP contribution in [0.3, 0.4) is 0 Å². The first-order valence-corrected chi connectivity index (χ1v) is 6.98. The fraction of sp³-hybridized carbons (Fsp3) is 0.400. The summed E-state index contributed by atoms with van der Waals surface area (Å²) in [5, 5.41) is 0. The lowest BCUT2D eigenvalue weighted by Crippen LogP contribution is -2.43. The molecule has 0 N–H and O–H groups in total. The number of carbonyl (C=O) groups is 3. The number of hydrogen-bond acceptors (Lipinski definition) is 3. The summed E-state index contributed by atoms with van der Waals surface area (Å²) in [6.07, 6.45) is 1.91. The number of halogens is 1. The summed E-state index contributed by atoms with van der Waals surface area (Å²) < 4.78 is 13.9. The molecule has 0 unspecified atom stereocenters. The molecule has 1 fully saturated rings. The Balaban J connectivity index is 1.88. The predicted octanol–water partition coefficient (Wildman–Crippen LogP) is 1.37. The van der Waals surface area contributed by atoms with Gasteiger partial charge in [0, 0.05) is 12.6 Å². The van der Waals surface area contributed by atoms with Gasteiger partial charge in [-0.3, -0.25) is 19.3 Å². The van der Waals surface area contributed by atoms with E-state index in [0.717, 1.165) is 17.7 Å². The molecular weight excluding hydrogens is 275 g/mol. The number of carbonyl (C=O) groups excluding carboxylic acids is 3. The van der Waals surface area contributed by atoms with E-state index in [-0.39, 0.29) is 29.7 Å². The van der Waals surface area contributed by atoms with Crippen molar-refractivity contribution in [1.82, 2.24) is 4.90 Å². The molecule has 110 valence electrons. The highest BCUT2D eigenvalue weighted by molar-refractivity contribution is 6.52. The van der Waals surface area contributed by atoms with Gasteiger partial charge in [-0.05, 0) is 31.9 Å². The van der Waals surface area contributed by atoms with Gasteiger partial charge >= 0.3 is 0 Å². The largest absolute Gasteiger partial charge is 0.338 e. The number of rotatable bonds is 4. The zero-order chi connectivity index (χ0) is 15.1. The van der Waals surface area contributed by atoms with E-state index in [4.69, 9.17) is 0 Å². The first kappa shape index (κ1) is 13.7. The van der Waals surface area contributed by atoms with Crippen LogP contribution < -0.4 is 4.90 Å². The number of nitrogens with zero attached hydrogens (tertiary/aromatic N) is 2. The van der Waals surface area contributed by atoms with Crippen LogP contribution in [0.2, 0.25) is 0 Å². The first-order valence-electron chi connectivity index (χ1n) is 6.98. The molecule has 0 spiro atoms. The molecule has 3 rings (SSSR count). The number of benzene rings is 1. The Hall–Kier alpha value is -2.24.